The molecule has 11 aromatic carbocycles. The lowest BCUT2D eigenvalue weighted by atomic mass is 10.1. The van der Waals surface area contributed by atoms with Gasteiger partial charge in [-0.3, -0.25) is 0 Å². The van der Waals surface area contributed by atoms with Crippen LogP contribution in [0.5, 0.6) is 11.5 Å². The zero-order valence-electron chi connectivity index (χ0n) is 41.2. The van der Waals surface area contributed by atoms with Crippen molar-refractivity contribution in [3.05, 3.63) is 242 Å². The van der Waals surface area contributed by atoms with Crippen LogP contribution >= 0.6 is 0 Å². The molecule has 0 bridgehead atoms. The van der Waals surface area contributed by atoms with Crippen molar-refractivity contribution < 1.29 is 4.74 Å². The van der Waals surface area contributed by atoms with Crippen molar-refractivity contribution in [3.8, 4) is 28.6 Å². The molecule has 0 atom stereocenters. The number of aryl methyl sites for hydroxylation is 2. The van der Waals surface area contributed by atoms with E-state index >= 15 is 0 Å². The van der Waals surface area contributed by atoms with Gasteiger partial charge in [-0.25, -0.2) is 0 Å². The summed E-state index contributed by atoms with van der Waals surface area (Å²) >= 11 is 0. The number of benzene rings is 11. The SMILES string of the molecule is Cc1ccc(N2c3cc(-n4c5ccccc5c5ccccc54)cc4c3[SiH]3c5c(cc(-n6c7ccccc7c7ccccc76)cc5N(c5ccc(C)cc5)c5cc(-n6c7ccccc7c7ccccc76)cc2c53)O4)cc1. The molecule has 0 saturated carbocycles. The third-order valence-electron chi connectivity index (χ3n) is 16.5. The highest BCUT2D eigenvalue weighted by Gasteiger charge is 2.48. The Labute approximate surface area is 434 Å². The van der Waals surface area contributed by atoms with Gasteiger partial charge >= 0.3 is 0 Å². The molecular formula is C68H45N5OSi. The summed E-state index contributed by atoms with van der Waals surface area (Å²) in [5, 5.41) is 11.4. The molecule has 0 saturated heterocycles. The first-order chi connectivity index (χ1) is 37.0. The van der Waals surface area contributed by atoms with Crippen molar-refractivity contribution in [1.29, 1.82) is 0 Å². The van der Waals surface area contributed by atoms with Gasteiger partial charge in [0.25, 0.3) is 0 Å². The van der Waals surface area contributed by atoms with E-state index in [9.17, 15) is 0 Å². The third-order valence-corrected chi connectivity index (χ3v) is 20.0. The van der Waals surface area contributed by atoms with E-state index in [4.69, 9.17) is 4.74 Å². The monoisotopic (exact) mass is 975 g/mol. The predicted molar refractivity (Wildman–Crippen MR) is 314 cm³/mol. The van der Waals surface area contributed by atoms with Crippen LogP contribution in [0.25, 0.3) is 82.5 Å². The maximum absolute atomic E-state index is 7.71. The van der Waals surface area contributed by atoms with Crippen LogP contribution in [0.4, 0.5) is 34.1 Å². The lowest BCUT2D eigenvalue weighted by Crippen LogP contribution is -2.63. The Bertz CT molecular complexity index is 4390. The molecule has 75 heavy (non-hydrogen) atoms. The van der Waals surface area contributed by atoms with Gasteiger partial charge in [-0.15, -0.1) is 0 Å². The van der Waals surface area contributed by atoms with Crippen molar-refractivity contribution in [3.63, 3.8) is 0 Å². The number of nitrogens with zero attached hydrogens (tertiary/aromatic N) is 5. The standard InChI is InChI=1S/C68H45N5OSi/c1-41-27-31-43(32-28-41)69-60-35-45(71-54-21-9-3-15-48(54)49-16-4-10-22-55(49)71)36-61-66(60)75-67-62(69)37-46(72-56-23-11-5-17-50(56)51-18-6-12-24-57(51)72)39-64(67)74-65-40-47(38-63(68(65)75)70(61)44-33-29-42(2)30-34-44)73-58-25-13-7-19-52(58)53-20-8-14-26-59(53)73/h3-40,75H,1-2H3. The molecule has 0 fully saturated rings. The zero-order valence-corrected chi connectivity index (χ0v) is 42.3. The van der Waals surface area contributed by atoms with Crippen LogP contribution in [0.15, 0.2) is 231 Å². The summed E-state index contributed by atoms with van der Waals surface area (Å²) in [5.74, 6) is 1.84. The van der Waals surface area contributed by atoms with Crippen molar-refractivity contribution >= 4 is 124 Å². The fourth-order valence-corrected chi connectivity index (χ4v) is 17.1. The van der Waals surface area contributed by atoms with Gasteiger partial charge in [0.15, 0.2) is 8.80 Å². The van der Waals surface area contributed by atoms with Crippen molar-refractivity contribution in [2.24, 2.45) is 0 Å². The number of anilines is 6. The zero-order chi connectivity index (χ0) is 49.2. The molecule has 3 aliphatic heterocycles. The van der Waals surface area contributed by atoms with Gasteiger partial charge in [-0.2, -0.15) is 0 Å². The Hall–Kier alpha value is -9.56. The van der Waals surface area contributed by atoms with E-state index in [1.807, 2.05) is 0 Å². The fraction of sp³-hybridized carbons (Fsp3) is 0.0294. The van der Waals surface area contributed by atoms with E-state index in [1.165, 1.54) is 81.4 Å². The van der Waals surface area contributed by atoms with Crippen LogP contribution in [-0.4, -0.2) is 22.5 Å². The second kappa shape index (κ2) is 15.0. The van der Waals surface area contributed by atoms with Crippen LogP contribution in [0.3, 0.4) is 0 Å². The number of hydrogen-bond donors (Lipinski definition) is 0. The molecule has 0 spiro atoms. The summed E-state index contributed by atoms with van der Waals surface area (Å²) in [6.45, 7) is 4.36. The molecule has 0 unspecified atom stereocenters. The average Bonchev–Trinajstić information content (AvgIpc) is 4.13. The average molecular weight is 976 g/mol. The van der Waals surface area contributed by atoms with Gasteiger partial charge in [0.2, 0.25) is 0 Å². The van der Waals surface area contributed by atoms with Crippen LogP contribution in [-0.2, 0) is 0 Å². The minimum absolute atomic E-state index is 0.919. The predicted octanol–water partition coefficient (Wildman–Crippen LogP) is 15.5. The molecular weight excluding hydrogens is 931 g/mol. The van der Waals surface area contributed by atoms with Gasteiger partial charge in [-0.1, -0.05) is 145 Å². The van der Waals surface area contributed by atoms with Crippen molar-refractivity contribution in [2.75, 3.05) is 9.80 Å². The molecule has 0 radical (unpaired) electrons. The van der Waals surface area contributed by atoms with Gasteiger partial charge in [0.1, 0.15) is 11.5 Å². The summed E-state index contributed by atoms with van der Waals surface area (Å²) in [7, 11) is -2.40. The molecule has 7 heteroatoms. The van der Waals surface area contributed by atoms with Crippen molar-refractivity contribution in [1.82, 2.24) is 13.7 Å². The van der Waals surface area contributed by atoms with Gasteiger partial charge < -0.3 is 28.2 Å². The number of rotatable bonds is 5. The molecule has 3 aromatic heterocycles. The molecule has 0 amide bonds. The van der Waals surface area contributed by atoms with Crippen LogP contribution in [0.2, 0.25) is 0 Å². The fourth-order valence-electron chi connectivity index (χ4n) is 13.3. The van der Waals surface area contributed by atoms with Gasteiger partial charge in [0.05, 0.1) is 72.9 Å². The normalized spacial score (nSPS) is 13.5. The second-order valence-electron chi connectivity index (χ2n) is 20.6. The van der Waals surface area contributed by atoms with E-state index in [0.29, 0.717) is 0 Å². The first-order valence-electron chi connectivity index (χ1n) is 25.9. The maximum Gasteiger partial charge on any atom is 0.153 e. The van der Waals surface area contributed by atoms with E-state index in [-0.39, 0.29) is 0 Å². The molecule has 0 aliphatic carbocycles. The van der Waals surface area contributed by atoms with Crippen LogP contribution in [0, 0.1) is 13.8 Å². The van der Waals surface area contributed by atoms with Gasteiger partial charge in [0, 0.05) is 66.2 Å². The largest absolute Gasteiger partial charge is 0.457 e. The van der Waals surface area contributed by atoms with Crippen molar-refractivity contribution in [2.45, 2.75) is 13.8 Å². The number of para-hydroxylation sites is 6. The smallest absolute Gasteiger partial charge is 0.153 e. The number of fused-ring (bicyclic) bond motifs is 9. The summed E-state index contributed by atoms with van der Waals surface area (Å²) in [6, 6.07) is 85.9. The third kappa shape index (κ3) is 5.57. The quantitative estimate of drug-likeness (QED) is 0.161. The molecule has 3 aliphatic rings. The first-order valence-corrected chi connectivity index (χ1v) is 27.7. The van der Waals surface area contributed by atoms with Gasteiger partial charge in [-0.05, 0) is 104 Å². The molecule has 6 nitrogen and oxygen atoms in total. The topological polar surface area (TPSA) is 30.5 Å². The summed E-state index contributed by atoms with van der Waals surface area (Å²) in [5.41, 5.74) is 19.6. The highest BCUT2D eigenvalue weighted by molar-refractivity contribution is 7.01. The lowest BCUT2D eigenvalue weighted by molar-refractivity contribution is 0.487. The second-order valence-corrected chi connectivity index (χ2v) is 23.2. The van der Waals surface area contributed by atoms with Crippen LogP contribution < -0.4 is 30.1 Å². The highest BCUT2D eigenvalue weighted by atomic mass is 28.3. The summed E-state index contributed by atoms with van der Waals surface area (Å²) < 4.78 is 15.1. The Kier molecular flexibility index (Phi) is 8.20. The van der Waals surface area contributed by atoms with E-state index in [1.54, 1.807) is 0 Å². The maximum atomic E-state index is 7.71. The molecule has 0 N–H and O–H groups in total. The van der Waals surface area contributed by atoms with E-state index in [0.717, 1.165) is 73.4 Å². The summed E-state index contributed by atoms with van der Waals surface area (Å²) in [6.07, 6.45) is 0. The molecule has 17 rings (SSSR count). The highest BCUT2D eigenvalue weighted by Crippen LogP contribution is 2.51. The molecule has 14 aromatic rings. The number of ether oxygens (including phenoxy) is 1. The van der Waals surface area contributed by atoms with Crippen LogP contribution in [0.1, 0.15) is 11.1 Å². The Morgan fingerprint density at radius 1 is 0.280 bits per heavy atom. The lowest BCUT2D eigenvalue weighted by Gasteiger charge is -2.47. The minimum atomic E-state index is -2.40. The van der Waals surface area contributed by atoms with E-state index in [2.05, 4.69) is 268 Å². The number of aromatic nitrogens is 3. The van der Waals surface area contributed by atoms with E-state index < -0.39 is 8.80 Å². The Balaban J connectivity index is 1.04. The molecule has 352 valence electrons. The summed E-state index contributed by atoms with van der Waals surface area (Å²) in [4.78, 5) is 5.13. The molecule has 6 heterocycles. The first kappa shape index (κ1) is 41.0. The number of hydrogen-bond acceptors (Lipinski definition) is 3. The Morgan fingerprint density at radius 3 is 0.853 bits per heavy atom. The minimum Gasteiger partial charge on any atom is -0.457 e. The Morgan fingerprint density at radius 2 is 0.547 bits per heavy atom.